The summed E-state index contributed by atoms with van der Waals surface area (Å²) in [7, 11) is 1.55. The number of carbonyl (C=O) groups excluding carboxylic acids is 1. The average Bonchev–Trinajstić information content (AvgIpc) is 2.39. The Kier molecular flexibility index (Phi) is 10.3. The standard InChI is InChI=1S/C12H16N2O4S.Y/c1-10-7-11(8-13-19(16)17)3-4-12(10)14(9-15)5-6-18-2;/h3-4,7,13H,1,5-6,8H2,2H3,(H,16,17);/q-2;/p-1. The van der Waals surface area contributed by atoms with Crippen molar-refractivity contribution in [3.05, 3.63) is 36.2 Å². The molecule has 0 aromatic heterocycles. The van der Waals surface area contributed by atoms with E-state index in [1.54, 1.807) is 25.3 Å². The third-order valence-electron chi connectivity index (χ3n) is 2.46. The van der Waals surface area contributed by atoms with Crippen molar-refractivity contribution in [3.8, 4) is 0 Å². The fourth-order valence-corrected chi connectivity index (χ4v) is 1.84. The van der Waals surface area contributed by atoms with E-state index in [9.17, 15) is 13.6 Å². The van der Waals surface area contributed by atoms with Gasteiger partial charge >= 0.3 is 0 Å². The minimum absolute atomic E-state index is 0. The monoisotopic (exact) mass is 372 g/mol. The predicted octanol–water partition coefficient (Wildman–Crippen LogP) is 0.270. The molecule has 109 valence electrons. The number of hydrogen-bond acceptors (Lipinski definition) is 4. The van der Waals surface area contributed by atoms with Crippen LogP contribution < -0.4 is 9.62 Å². The van der Waals surface area contributed by atoms with Crippen LogP contribution in [-0.4, -0.2) is 35.4 Å². The smallest absolute Gasteiger partial charge is 0.0719 e. The third-order valence-corrected chi connectivity index (χ3v) is 2.84. The molecule has 0 bridgehead atoms. The van der Waals surface area contributed by atoms with Gasteiger partial charge in [-0.15, -0.1) is 11.8 Å². The van der Waals surface area contributed by atoms with E-state index < -0.39 is 11.3 Å². The molecule has 1 aromatic rings. The molecule has 20 heavy (non-hydrogen) atoms. The summed E-state index contributed by atoms with van der Waals surface area (Å²) in [6.07, 6.45) is 1.81. The first-order valence-corrected chi connectivity index (χ1v) is 6.58. The minimum atomic E-state index is -2.30. The SMILES string of the molecule is [CH2-]c1cc(CNS(=O)[O-])ccc1N([C-]=O)CCOC.[Y]. The van der Waals surface area contributed by atoms with Gasteiger partial charge in [-0.1, -0.05) is 11.6 Å². The summed E-state index contributed by atoms with van der Waals surface area (Å²) in [6, 6.07) is 5.14. The molecule has 1 rings (SSSR count). The molecule has 1 unspecified atom stereocenters. The largest absolute Gasteiger partial charge is 0.760 e. The Balaban J connectivity index is 0.00000361. The van der Waals surface area contributed by atoms with Gasteiger partial charge in [0.2, 0.25) is 0 Å². The second-order valence-electron chi connectivity index (χ2n) is 3.75. The number of nitrogens with one attached hydrogen (secondary N) is 1. The predicted molar refractivity (Wildman–Crippen MR) is 71.6 cm³/mol. The molecule has 6 nitrogen and oxygen atoms in total. The van der Waals surface area contributed by atoms with E-state index in [0.717, 1.165) is 5.56 Å². The maximum atomic E-state index is 10.9. The van der Waals surface area contributed by atoms with Crippen LogP contribution in [0.25, 0.3) is 0 Å². The van der Waals surface area contributed by atoms with Crippen molar-refractivity contribution in [3.63, 3.8) is 0 Å². The van der Waals surface area contributed by atoms with E-state index in [1.165, 1.54) is 4.90 Å². The van der Waals surface area contributed by atoms with Gasteiger partial charge in [-0.05, 0) is 0 Å². The Labute approximate surface area is 146 Å². The summed E-state index contributed by atoms with van der Waals surface area (Å²) in [6.45, 7) is 4.80. The first-order valence-electron chi connectivity index (χ1n) is 5.50. The quantitative estimate of drug-likeness (QED) is 0.404. The van der Waals surface area contributed by atoms with E-state index in [-0.39, 0.29) is 39.3 Å². The van der Waals surface area contributed by atoms with Crippen LogP contribution in [0.15, 0.2) is 18.2 Å². The van der Waals surface area contributed by atoms with Crippen LogP contribution in [0.5, 0.6) is 0 Å². The average molecular weight is 372 g/mol. The molecule has 1 aromatic carbocycles. The molecule has 1 atom stereocenters. The molecule has 1 radical (unpaired) electrons. The van der Waals surface area contributed by atoms with Crippen LogP contribution in [0.3, 0.4) is 0 Å². The molecule has 0 fully saturated rings. The number of hydrogen-bond donors (Lipinski definition) is 1. The molecule has 0 aliphatic carbocycles. The van der Waals surface area contributed by atoms with Gasteiger partial charge in [0.15, 0.2) is 0 Å². The topological polar surface area (TPSA) is 81.7 Å². The summed E-state index contributed by atoms with van der Waals surface area (Å²) in [5.41, 5.74) is 2.00. The second-order valence-corrected chi connectivity index (χ2v) is 4.51. The van der Waals surface area contributed by atoms with Crippen molar-refractivity contribution in [2.45, 2.75) is 6.54 Å². The molecule has 1 N–H and O–H groups in total. The van der Waals surface area contributed by atoms with Gasteiger partial charge < -0.3 is 19.0 Å². The van der Waals surface area contributed by atoms with Gasteiger partial charge in [0, 0.05) is 64.2 Å². The van der Waals surface area contributed by atoms with E-state index >= 15 is 0 Å². The van der Waals surface area contributed by atoms with Gasteiger partial charge in [-0.3, -0.25) is 4.21 Å². The van der Waals surface area contributed by atoms with E-state index in [0.29, 0.717) is 24.4 Å². The fraction of sp³-hybridized carbons (Fsp3) is 0.333. The van der Waals surface area contributed by atoms with Gasteiger partial charge in [0.05, 0.1) is 13.0 Å². The normalized spacial score (nSPS) is 11.5. The molecule has 0 aliphatic heterocycles. The molecule has 8 heteroatoms. The Morgan fingerprint density at radius 2 is 2.25 bits per heavy atom. The van der Waals surface area contributed by atoms with Crippen molar-refractivity contribution >= 4 is 23.4 Å². The molecule has 0 saturated heterocycles. The van der Waals surface area contributed by atoms with Crippen LogP contribution in [-0.2, 0) is 60.1 Å². The Hall–Kier alpha value is -0.306. The van der Waals surface area contributed by atoms with E-state index in [4.69, 9.17) is 4.74 Å². The zero-order valence-electron chi connectivity index (χ0n) is 11.1. The Morgan fingerprint density at radius 3 is 2.75 bits per heavy atom. The summed E-state index contributed by atoms with van der Waals surface area (Å²) >= 11 is -2.30. The van der Waals surface area contributed by atoms with Crippen LogP contribution in [0.1, 0.15) is 11.1 Å². The van der Waals surface area contributed by atoms with Crippen LogP contribution in [0.4, 0.5) is 5.69 Å². The van der Waals surface area contributed by atoms with Crippen molar-refractivity contribution in [2.24, 2.45) is 0 Å². The van der Waals surface area contributed by atoms with Crippen molar-refractivity contribution < 1.29 is 51.0 Å². The summed E-state index contributed by atoms with van der Waals surface area (Å²) in [5, 5.41) is 0. The van der Waals surface area contributed by atoms with Crippen LogP contribution >= 0.6 is 0 Å². The number of benzene rings is 1. The van der Waals surface area contributed by atoms with Crippen LogP contribution in [0.2, 0.25) is 0 Å². The molecular formula is C12H15N2O4SY-3. The summed E-state index contributed by atoms with van der Waals surface area (Å²) in [5.74, 6) is 0. The number of nitrogens with zero attached hydrogens (tertiary/aromatic N) is 1. The number of rotatable bonds is 8. The number of methoxy groups -OCH3 is 1. The van der Waals surface area contributed by atoms with Gasteiger partial charge in [-0.25, -0.2) is 17.2 Å². The fourth-order valence-electron chi connectivity index (χ4n) is 1.55. The maximum Gasteiger partial charge on any atom is 0.0719 e. The first-order chi connectivity index (χ1) is 9.08. The second kappa shape index (κ2) is 10.4. The molecule has 0 aliphatic rings. The van der Waals surface area contributed by atoms with E-state index in [2.05, 4.69) is 11.6 Å². The molecule has 1 amide bonds. The number of amides is 1. The minimum Gasteiger partial charge on any atom is -0.760 e. The Morgan fingerprint density at radius 1 is 1.55 bits per heavy atom. The van der Waals surface area contributed by atoms with Crippen molar-refractivity contribution in [2.75, 3.05) is 25.2 Å². The summed E-state index contributed by atoms with van der Waals surface area (Å²) in [4.78, 5) is 12.3. The van der Waals surface area contributed by atoms with Gasteiger partial charge in [0.25, 0.3) is 0 Å². The van der Waals surface area contributed by atoms with Gasteiger partial charge in [0.1, 0.15) is 0 Å². The molecule has 0 heterocycles. The third kappa shape index (κ3) is 6.43. The van der Waals surface area contributed by atoms with Crippen molar-refractivity contribution in [1.29, 1.82) is 0 Å². The van der Waals surface area contributed by atoms with Gasteiger partial charge in [-0.2, -0.15) is 6.07 Å². The molecular weight excluding hydrogens is 357 g/mol. The first kappa shape index (κ1) is 19.7. The molecule has 0 spiro atoms. The van der Waals surface area contributed by atoms with E-state index in [1.807, 2.05) is 6.41 Å². The maximum absolute atomic E-state index is 10.9. The number of anilines is 1. The summed E-state index contributed by atoms with van der Waals surface area (Å²) < 4.78 is 28.0. The Bertz CT molecular complexity index is 459. The zero-order valence-corrected chi connectivity index (χ0v) is 14.8. The van der Waals surface area contributed by atoms with Crippen molar-refractivity contribution in [1.82, 2.24) is 4.72 Å². The molecule has 0 saturated carbocycles. The zero-order chi connectivity index (χ0) is 14.3. The van der Waals surface area contributed by atoms with Crippen LogP contribution in [0, 0.1) is 6.92 Å². The number of ether oxygens (including phenoxy) is 1.